The number of carbonyl (C=O) groups excluding carboxylic acids is 1. The van der Waals surface area contributed by atoms with Crippen molar-refractivity contribution in [2.24, 2.45) is 0 Å². The molecular formula is C12H10BrIN2O2. The summed E-state index contributed by atoms with van der Waals surface area (Å²) in [6, 6.07) is 5.22. The number of halogens is 2. The molecule has 0 spiro atoms. The monoisotopic (exact) mass is 420 g/mol. The smallest absolute Gasteiger partial charge is 0.264 e. The number of phenolic OH excluding ortho intramolecular Hbond substituents is 1. The molecule has 4 nitrogen and oxygen atoms in total. The van der Waals surface area contributed by atoms with E-state index in [1.165, 1.54) is 11.0 Å². The zero-order valence-electron chi connectivity index (χ0n) is 9.74. The van der Waals surface area contributed by atoms with Crippen LogP contribution in [-0.4, -0.2) is 30.0 Å². The quantitative estimate of drug-likeness (QED) is 0.454. The number of likely N-dealkylation sites (N-methyl/N-ethyl adjacent to an activating group) is 1. The number of amides is 1. The minimum Gasteiger partial charge on any atom is -0.506 e. The number of phenols is 1. The van der Waals surface area contributed by atoms with Crippen LogP contribution < -0.4 is 0 Å². The average molecular weight is 421 g/mol. The maximum absolute atomic E-state index is 11.7. The number of benzene rings is 1. The summed E-state index contributed by atoms with van der Waals surface area (Å²) in [4.78, 5) is 13.0. The number of hydrogen-bond acceptors (Lipinski definition) is 3. The molecule has 0 bridgehead atoms. The number of nitrogens with zero attached hydrogens (tertiary/aromatic N) is 2. The summed E-state index contributed by atoms with van der Waals surface area (Å²) >= 11 is 5.19. The standard InChI is InChI=1S/C12H10BrIN2O2/c1-16(2)12(18)8(6-15)3-7-4-9(13)11(17)10(14)5-7/h3-5,17H,1-2H3/b8-3-. The van der Waals surface area contributed by atoms with Crippen LogP contribution in [0.15, 0.2) is 22.2 Å². The summed E-state index contributed by atoms with van der Waals surface area (Å²) in [5, 5.41) is 18.6. The van der Waals surface area contributed by atoms with Gasteiger partial charge in [-0.25, -0.2) is 0 Å². The molecule has 94 valence electrons. The highest BCUT2D eigenvalue weighted by molar-refractivity contribution is 14.1. The van der Waals surface area contributed by atoms with Crippen LogP contribution in [0, 0.1) is 14.9 Å². The van der Waals surface area contributed by atoms with E-state index in [1.807, 2.05) is 28.7 Å². The van der Waals surface area contributed by atoms with Gasteiger partial charge in [-0.2, -0.15) is 5.26 Å². The predicted octanol–water partition coefficient (Wildman–Crippen LogP) is 2.75. The van der Waals surface area contributed by atoms with Gasteiger partial charge in [0.15, 0.2) is 0 Å². The molecule has 1 aromatic rings. The van der Waals surface area contributed by atoms with Gasteiger partial charge in [-0.1, -0.05) is 0 Å². The molecule has 0 heterocycles. The van der Waals surface area contributed by atoms with Gasteiger partial charge in [0.05, 0.1) is 8.04 Å². The second-order valence-corrected chi connectivity index (χ2v) is 5.72. The van der Waals surface area contributed by atoms with E-state index < -0.39 is 0 Å². The van der Waals surface area contributed by atoms with Gasteiger partial charge >= 0.3 is 0 Å². The average Bonchev–Trinajstić information content (AvgIpc) is 2.31. The molecule has 0 saturated heterocycles. The molecule has 1 N–H and O–H groups in total. The van der Waals surface area contributed by atoms with E-state index in [4.69, 9.17) is 5.26 Å². The predicted molar refractivity (Wildman–Crippen MR) is 80.8 cm³/mol. The zero-order valence-corrected chi connectivity index (χ0v) is 13.5. The van der Waals surface area contributed by atoms with Crippen molar-refractivity contribution in [3.05, 3.63) is 31.3 Å². The van der Waals surface area contributed by atoms with Gasteiger partial charge in [-0.3, -0.25) is 4.79 Å². The van der Waals surface area contributed by atoms with E-state index in [-0.39, 0.29) is 17.2 Å². The van der Waals surface area contributed by atoms with Gasteiger partial charge in [0.25, 0.3) is 5.91 Å². The SMILES string of the molecule is CN(C)C(=O)/C(C#N)=C\c1cc(Br)c(O)c(I)c1. The van der Waals surface area contributed by atoms with Crippen molar-refractivity contribution < 1.29 is 9.90 Å². The molecule has 0 aromatic heterocycles. The van der Waals surface area contributed by atoms with Crippen LogP contribution in [0.5, 0.6) is 5.75 Å². The van der Waals surface area contributed by atoms with Crippen LogP contribution in [0.25, 0.3) is 6.08 Å². The topological polar surface area (TPSA) is 64.3 Å². The first-order valence-corrected chi connectivity index (χ1v) is 6.75. The van der Waals surface area contributed by atoms with Crippen LogP contribution in [0.1, 0.15) is 5.56 Å². The Morgan fingerprint density at radius 2 is 2.17 bits per heavy atom. The lowest BCUT2D eigenvalue weighted by Gasteiger charge is -2.09. The summed E-state index contributed by atoms with van der Waals surface area (Å²) in [5.41, 5.74) is 0.726. The molecule has 0 aliphatic rings. The van der Waals surface area contributed by atoms with Gasteiger partial charge in [-0.05, 0) is 62.3 Å². The lowest BCUT2D eigenvalue weighted by molar-refractivity contribution is -0.124. The van der Waals surface area contributed by atoms with E-state index in [2.05, 4.69) is 15.9 Å². The van der Waals surface area contributed by atoms with Crippen LogP contribution in [-0.2, 0) is 4.79 Å². The fourth-order valence-electron chi connectivity index (χ4n) is 1.22. The molecular weight excluding hydrogens is 411 g/mol. The fourth-order valence-corrected chi connectivity index (χ4v) is 2.72. The maximum atomic E-state index is 11.7. The van der Waals surface area contributed by atoms with E-state index in [1.54, 1.807) is 26.2 Å². The Hall–Kier alpha value is -1.07. The van der Waals surface area contributed by atoms with Crippen molar-refractivity contribution in [3.8, 4) is 11.8 Å². The molecule has 18 heavy (non-hydrogen) atoms. The van der Waals surface area contributed by atoms with Crippen molar-refractivity contribution in [1.82, 2.24) is 4.90 Å². The molecule has 0 unspecified atom stereocenters. The number of hydrogen-bond donors (Lipinski definition) is 1. The van der Waals surface area contributed by atoms with Gasteiger partial charge < -0.3 is 10.0 Å². The molecule has 0 radical (unpaired) electrons. The molecule has 1 amide bonds. The summed E-state index contributed by atoms with van der Waals surface area (Å²) in [6.07, 6.45) is 1.49. The van der Waals surface area contributed by atoms with Crippen LogP contribution in [0.3, 0.4) is 0 Å². The first-order chi connectivity index (χ1) is 8.36. The second kappa shape index (κ2) is 6.20. The Labute approximate surface area is 127 Å². The molecule has 6 heteroatoms. The zero-order chi connectivity index (χ0) is 13.9. The number of nitriles is 1. The van der Waals surface area contributed by atoms with Crippen LogP contribution in [0.2, 0.25) is 0 Å². The summed E-state index contributed by atoms with van der Waals surface area (Å²) in [7, 11) is 3.17. The van der Waals surface area contributed by atoms with E-state index in [0.717, 1.165) is 0 Å². The van der Waals surface area contributed by atoms with Crippen molar-refractivity contribution in [2.75, 3.05) is 14.1 Å². The first-order valence-electron chi connectivity index (χ1n) is 4.88. The highest BCUT2D eigenvalue weighted by Gasteiger charge is 2.12. The molecule has 0 aliphatic heterocycles. The number of rotatable bonds is 2. The summed E-state index contributed by atoms with van der Waals surface area (Å²) < 4.78 is 1.16. The van der Waals surface area contributed by atoms with Crippen LogP contribution in [0.4, 0.5) is 0 Å². The molecule has 0 saturated carbocycles. The Morgan fingerprint density at radius 1 is 1.56 bits per heavy atom. The van der Waals surface area contributed by atoms with E-state index in [9.17, 15) is 9.90 Å². The molecule has 0 fully saturated rings. The Bertz CT molecular complexity index is 539. The van der Waals surface area contributed by atoms with E-state index in [0.29, 0.717) is 13.6 Å². The lowest BCUT2D eigenvalue weighted by Crippen LogP contribution is -2.22. The third-order valence-corrected chi connectivity index (χ3v) is 3.53. The number of aromatic hydroxyl groups is 1. The highest BCUT2D eigenvalue weighted by Crippen LogP contribution is 2.31. The lowest BCUT2D eigenvalue weighted by atomic mass is 10.1. The normalized spacial score (nSPS) is 10.9. The summed E-state index contributed by atoms with van der Waals surface area (Å²) in [6.45, 7) is 0. The van der Waals surface area contributed by atoms with Gasteiger partial charge in [-0.15, -0.1) is 0 Å². The van der Waals surface area contributed by atoms with Crippen LogP contribution >= 0.6 is 38.5 Å². The van der Waals surface area contributed by atoms with Gasteiger partial charge in [0.2, 0.25) is 0 Å². The van der Waals surface area contributed by atoms with E-state index >= 15 is 0 Å². The highest BCUT2D eigenvalue weighted by atomic mass is 127. The Kier molecular flexibility index (Phi) is 5.16. The Balaban J connectivity index is 3.24. The maximum Gasteiger partial charge on any atom is 0.264 e. The minimum atomic E-state index is -0.350. The van der Waals surface area contributed by atoms with Crippen molar-refractivity contribution in [2.45, 2.75) is 0 Å². The molecule has 0 atom stereocenters. The van der Waals surface area contributed by atoms with Crippen molar-refractivity contribution in [1.29, 1.82) is 5.26 Å². The fraction of sp³-hybridized carbons (Fsp3) is 0.167. The first kappa shape index (κ1) is 15.0. The summed E-state index contributed by atoms with van der Waals surface area (Å²) in [5.74, 6) is -0.207. The second-order valence-electron chi connectivity index (χ2n) is 3.70. The largest absolute Gasteiger partial charge is 0.506 e. The molecule has 0 aliphatic carbocycles. The molecule has 1 rings (SSSR count). The number of carbonyl (C=O) groups is 1. The van der Waals surface area contributed by atoms with Crippen molar-refractivity contribution in [3.63, 3.8) is 0 Å². The van der Waals surface area contributed by atoms with Gasteiger partial charge in [0.1, 0.15) is 17.4 Å². The Morgan fingerprint density at radius 3 is 2.61 bits per heavy atom. The van der Waals surface area contributed by atoms with Gasteiger partial charge in [0, 0.05) is 14.1 Å². The third kappa shape index (κ3) is 3.46. The minimum absolute atomic E-state index is 0.0494. The third-order valence-electron chi connectivity index (χ3n) is 2.11. The molecule has 1 aromatic carbocycles. The van der Waals surface area contributed by atoms with Crippen molar-refractivity contribution >= 4 is 50.5 Å².